The molecular formula is C16H18FNO2. The highest BCUT2D eigenvalue weighted by atomic mass is 19.1. The molecule has 106 valence electrons. The van der Waals surface area contributed by atoms with E-state index in [9.17, 15) is 4.39 Å². The van der Waals surface area contributed by atoms with Crippen LogP contribution in [0.15, 0.2) is 48.5 Å². The zero-order valence-electron chi connectivity index (χ0n) is 11.4. The highest BCUT2D eigenvalue weighted by Crippen LogP contribution is 2.24. The van der Waals surface area contributed by atoms with E-state index < -0.39 is 0 Å². The number of hydrogen-bond acceptors (Lipinski definition) is 3. The number of ether oxygens (including phenoxy) is 2. The van der Waals surface area contributed by atoms with Crippen LogP contribution in [0.4, 0.5) is 4.39 Å². The van der Waals surface area contributed by atoms with Gasteiger partial charge in [0, 0.05) is 11.6 Å². The zero-order chi connectivity index (χ0) is 14.4. The summed E-state index contributed by atoms with van der Waals surface area (Å²) in [7, 11) is 0. The van der Waals surface area contributed by atoms with E-state index in [2.05, 4.69) is 0 Å². The minimum atomic E-state index is -0.315. The maximum absolute atomic E-state index is 13.2. The topological polar surface area (TPSA) is 44.5 Å². The first-order valence-corrected chi connectivity index (χ1v) is 6.52. The molecule has 0 fully saturated rings. The molecule has 0 saturated heterocycles. The molecule has 2 aromatic rings. The van der Waals surface area contributed by atoms with Gasteiger partial charge in [-0.25, -0.2) is 4.39 Å². The molecule has 0 bridgehead atoms. The summed E-state index contributed by atoms with van der Waals surface area (Å²) in [5.41, 5.74) is 6.46. The zero-order valence-corrected chi connectivity index (χ0v) is 11.4. The highest BCUT2D eigenvalue weighted by molar-refractivity contribution is 5.36. The van der Waals surface area contributed by atoms with Crippen molar-refractivity contribution in [1.82, 2.24) is 0 Å². The summed E-state index contributed by atoms with van der Waals surface area (Å²) in [6, 6.07) is 13.6. The van der Waals surface area contributed by atoms with Crippen molar-refractivity contribution in [2.75, 3.05) is 13.2 Å². The van der Waals surface area contributed by atoms with Crippen LogP contribution in [0.2, 0.25) is 0 Å². The average Bonchev–Trinajstić information content (AvgIpc) is 2.45. The van der Waals surface area contributed by atoms with Crippen LogP contribution in [0.5, 0.6) is 11.5 Å². The SMILES string of the molecule is CC(N)c1cc(F)ccc1OCCOc1ccccc1. The molecule has 0 radical (unpaired) electrons. The van der Waals surface area contributed by atoms with Gasteiger partial charge in [-0.1, -0.05) is 18.2 Å². The summed E-state index contributed by atoms with van der Waals surface area (Å²) in [6.45, 7) is 2.59. The smallest absolute Gasteiger partial charge is 0.124 e. The second-order valence-corrected chi connectivity index (χ2v) is 4.48. The van der Waals surface area contributed by atoms with Gasteiger partial charge in [0.2, 0.25) is 0 Å². The number of benzene rings is 2. The molecule has 20 heavy (non-hydrogen) atoms. The van der Waals surface area contributed by atoms with Crippen LogP contribution in [0.25, 0.3) is 0 Å². The van der Waals surface area contributed by atoms with Gasteiger partial charge in [0.25, 0.3) is 0 Å². The standard InChI is InChI=1S/C16H18FNO2/c1-12(18)15-11-13(17)7-8-16(15)20-10-9-19-14-5-3-2-4-6-14/h2-8,11-12H,9-10,18H2,1H3. The van der Waals surface area contributed by atoms with Gasteiger partial charge in [0.05, 0.1) is 0 Å². The third-order valence-electron chi connectivity index (χ3n) is 2.82. The van der Waals surface area contributed by atoms with Crippen LogP contribution in [0, 0.1) is 5.82 Å². The van der Waals surface area contributed by atoms with Crippen molar-refractivity contribution in [3.63, 3.8) is 0 Å². The van der Waals surface area contributed by atoms with Crippen LogP contribution < -0.4 is 15.2 Å². The minimum Gasteiger partial charge on any atom is -0.490 e. The van der Waals surface area contributed by atoms with E-state index in [-0.39, 0.29) is 11.9 Å². The first-order chi connectivity index (χ1) is 9.66. The van der Waals surface area contributed by atoms with Crippen LogP contribution in [0.3, 0.4) is 0 Å². The predicted octanol–water partition coefficient (Wildman–Crippen LogP) is 3.30. The Kier molecular flexibility index (Phi) is 4.96. The summed E-state index contributed by atoms with van der Waals surface area (Å²) in [5, 5.41) is 0. The molecular weight excluding hydrogens is 257 g/mol. The molecule has 0 saturated carbocycles. The number of nitrogens with two attached hydrogens (primary N) is 1. The Morgan fingerprint density at radius 3 is 2.45 bits per heavy atom. The van der Waals surface area contributed by atoms with E-state index in [1.165, 1.54) is 12.1 Å². The molecule has 0 spiro atoms. The van der Waals surface area contributed by atoms with E-state index in [1.807, 2.05) is 30.3 Å². The van der Waals surface area contributed by atoms with Gasteiger partial charge in [-0.2, -0.15) is 0 Å². The first-order valence-electron chi connectivity index (χ1n) is 6.52. The molecule has 0 amide bonds. The summed E-state index contributed by atoms with van der Waals surface area (Å²) in [4.78, 5) is 0. The number of para-hydroxylation sites is 1. The summed E-state index contributed by atoms with van der Waals surface area (Å²) in [6.07, 6.45) is 0. The van der Waals surface area contributed by atoms with Gasteiger partial charge < -0.3 is 15.2 Å². The average molecular weight is 275 g/mol. The van der Waals surface area contributed by atoms with Crippen LogP contribution in [-0.2, 0) is 0 Å². The van der Waals surface area contributed by atoms with E-state index in [4.69, 9.17) is 15.2 Å². The molecule has 3 nitrogen and oxygen atoms in total. The van der Waals surface area contributed by atoms with Gasteiger partial charge in [0.1, 0.15) is 30.5 Å². The van der Waals surface area contributed by atoms with Gasteiger partial charge in [-0.3, -0.25) is 0 Å². The van der Waals surface area contributed by atoms with E-state index in [1.54, 1.807) is 13.0 Å². The largest absolute Gasteiger partial charge is 0.490 e. The molecule has 2 aromatic carbocycles. The number of hydrogen-bond donors (Lipinski definition) is 1. The highest BCUT2D eigenvalue weighted by Gasteiger charge is 2.09. The molecule has 0 heterocycles. The second-order valence-electron chi connectivity index (χ2n) is 4.48. The maximum Gasteiger partial charge on any atom is 0.124 e. The fourth-order valence-electron chi connectivity index (χ4n) is 1.83. The molecule has 0 aromatic heterocycles. The molecule has 1 unspecified atom stereocenters. The van der Waals surface area contributed by atoms with Crippen molar-refractivity contribution in [2.24, 2.45) is 5.73 Å². The Hall–Kier alpha value is -2.07. The van der Waals surface area contributed by atoms with Gasteiger partial charge in [-0.05, 0) is 37.3 Å². The quantitative estimate of drug-likeness (QED) is 0.823. The molecule has 4 heteroatoms. The number of halogens is 1. The third-order valence-corrected chi connectivity index (χ3v) is 2.82. The first kappa shape index (κ1) is 14.3. The van der Waals surface area contributed by atoms with Gasteiger partial charge in [-0.15, -0.1) is 0 Å². The Morgan fingerprint density at radius 1 is 1.05 bits per heavy atom. The molecule has 0 aliphatic rings. The Balaban J connectivity index is 1.88. The van der Waals surface area contributed by atoms with Crippen molar-refractivity contribution in [3.05, 3.63) is 59.9 Å². The lowest BCUT2D eigenvalue weighted by molar-refractivity contribution is 0.215. The monoisotopic (exact) mass is 275 g/mol. The normalized spacial score (nSPS) is 11.9. The lowest BCUT2D eigenvalue weighted by atomic mass is 10.1. The lowest BCUT2D eigenvalue weighted by Gasteiger charge is -2.14. The van der Waals surface area contributed by atoms with Crippen LogP contribution in [-0.4, -0.2) is 13.2 Å². The van der Waals surface area contributed by atoms with Crippen molar-refractivity contribution in [2.45, 2.75) is 13.0 Å². The summed E-state index contributed by atoms with van der Waals surface area (Å²) >= 11 is 0. The van der Waals surface area contributed by atoms with E-state index in [0.29, 0.717) is 24.5 Å². The van der Waals surface area contributed by atoms with E-state index >= 15 is 0 Å². The maximum atomic E-state index is 13.2. The molecule has 2 N–H and O–H groups in total. The Labute approximate surface area is 118 Å². The van der Waals surface area contributed by atoms with Gasteiger partial charge >= 0.3 is 0 Å². The van der Waals surface area contributed by atoms with Crippen LogP contribution >= 0.6 is 0 Å². The van der Waals surface area contributed by atoms with Crippen LogP contribution in [0.1, 0.15) is 18.5 Å². The minimum absolute atomic E-state index is 0.282. The Morgan fingerprint density at radius 2 is 1.75 bits per heavy atom. The van der Waals surface area contributed by atoms with Crippen molar-refractivity contribution < 1.29 is 13.9 Å². The second kappa shape index (κ2) is 6.91. The van der Waals surface area contributed by atoms with E-state index in [0.717, 1.165) is 5.75 Å². The van der Waals surface area contributed by atoms with Crippen molar-refractivity contribution in [3.8, 4) is 11.5 Å². The summed E-state index contributed by atoms with van der Waals surface area (Å²) < 4.78 is 24.3. The molecule has 0 aliphatic carbocycles. The number of rotatable bonds is 6. The molecule has 2 rings (SSSR count). The third kappa shape index (κ3) is 3.96. The summed E-state index contributed by atoms with van der Waals surface area (Å²) in [5.74, 6) is 1.07. The molecule has 1 atom stereocenters. The van der Waals surface area contributed by atoms with Gasteiger partial charge in [0.15, 0.2) is 0 Å². The fourth-order valence-corrected chi connectivity index (χ4v) is 1.83. The van der Waals surface area contributed by atoms with Crippen molar-refractivity contribution >= 4 is 0 Å². The van der Waals surface area contributed by atoms with Crippen molar-refractivity contribution in [1.29, 1.82) is 0 Å². The molecule has 0 aliphatic heterocycles. The fraction of sp³-hybridized carbons (Fsp3) is 0.250. The predicted molar refractivity (Wildman–Crippen MR) is 76.4 cm³/mol. The Bertz CT molecular complexity index is 543. The lowest BCUT2D eigenvalue weighted by Crippen LogP contribution is -2.13.